The van der Waals surface area contributed by atoms with E-state index in [0.717, 1.165) is 44.4 Å². The van der Waals surface area contributed by atoms with Gasteiger partial charge in [-0.25, -0.2) is 8.78 Å². The molecule has 0 aromatic heterocycles. The monoisotopic (exact) mass is 456 g/mol. The molecule has 2 aromatic rings. The molecule has 0 amide bonds. The minimum atomic E-state index is -0.854. The summed E-state index contributed by atoms with van der Waals surface area (Å²) >= 11 is 0. The summed E-state index contributed by atoms with van der Waals surface area (Å²) in [5.74, 6) is -0.566. The van der Waals surface area contributed by atoms with Crippen molar-refractivity contribution < 1.29 is 13.9 Å². The standard InChI is InChI=1S/C28H38F2N2O/c1-19-14-31(15-20(2)28(19,33)22-9-7-6-8-10-22)16-21-17-32(27(3,4)5)18-25(21)24-12-11-23(29)13-26(24)30/h6-13,19-21,25,33H,14-18H2,1-5H3/t19-,20+,21-,25+,28?/m0/s1. The smallest absolute Gasteiger partial charge is 0.129 e. The van der Waals surface area contributed by atoms with E-state index in [2.05, 4.69) is 44.4 Å². The fourth-order valence-electron chi connectivity index (χ4n) is 6.13. The molecule has 180 valence electrons. The Morgan fingerprint density at radius 3 is 2.15 bits per heavy atom. The molecular weight excluding hydrogens is 418 g/mol. The molecule has 2 fully saturated rings. The second-order valence-corrected chi connectivity index (χ2v) is 11.3. The van der Waals surface area contributed by atoms with Gasteiger partial charge >= 0.3 is 0 Å². The predicted molar refractivity (Wildman–Crippen MR) is 129 cm³/mol. The summed E-state index contributed by atoms with van der Waals surface area (Å²) in [6.07, 6.45) is 0. The zero-order valence-electron chi connectivity index (χ0n) is 20.6. The van der Waals surface area contributed by atoms with Crippen LogP contribution in [-0.2, 0) is 5.60 Å². The molecule has 0 radical (unpaired) electrons. The van der Waals surface area contributed by atoms with E-state index >= 15 is 0 Å². The van der Waals surface area contributed by atoms with Crippen molar-refractivity contribution >= 4 is 0 Å². The van der Waals surface area contributed by atoms with Gasteiger partial charge in [0.05, 0.1) is 5.60 Å². The van der Waals surface area contributed by atoms with Crippen molar-refractivity contribution in [3.8, 4) is 0 Å². The van der Waals surface area contributed by atoms with E-state index in [1.807, 2.05) is 30.3 Å². The maximum Gasteiger partial charge on any atom is 0.129 e. The molecule has 2 saturated heterocycles. The van der Waals surface area contributed by atoms with Gasteiger partial charge in [0.2, 0.25) is 0 Å². The highest BCUT2D eigenvalue weighted by atomic mass is 19.1. The van der Waals surface area contributed by atoms with Crippen molar-refractivity contribution in [2.75, 3.05) is 32.7 Å². The summed E-state index contributed by atoms with van der Waals surface area (Å²) in [5.41, 5.74) is 0.732. The van der Waals surface area contributed by atoms with Crippen molar-refractivity contribution in [3.63, 3.8) is 0 Å². The van der Waals surface area contributed by atoms with Crippen molar-refractivity contribution in [1.82, 2.24) is 9.80 Å². The number of hydrogen-bond acceptors (Lipinski definition) is 3. The summed E-state index contributed by atoms with van der Waals surface area (Å²) in [4.78, 5) is 4.86. The average Bonchev–Trinajstić information content (AvgIpc) is 3.16. The summed E-state index contributed by atoms with van der Waals surface area (Å²) in [7, 11) is 0. The lowest BCUT2D eigenvalue weighted by atomic mass is 9.70. The molecule has 1 unspecified atom stereocenters. The molecule has 5 heteroatoms. The molecule has 0 saturated carbocycles. The molecule has 5 atom stereocenters. The zero-order chi connectivity index (χ0) is 24.0. The third kappa shape index (κ3) is 4.73. The lowest BCUT2D eigenvalue weighted by molar-refractivity contribution is -0.114. The molecule has 0 aliphatic carbocycles. The van der Waals surface area contributed by atoms with Crippen molar-refractivity contribution in [2.45, 2.75) is 51.7 Å². The average molecular weight is 457 g/mol. The highest BCUT2D eigenvalue weighted by Gasteiger charge is 2.47. The second-order valence-electron chi connectivity index (χ2n) is 11.3. The van der Waals surface area contributed by atoms with E-state index in [1.54, 1.807) is 6.07 Å². The highest BCUT2D eigenvalue weighted by Crippen LogP contribution is 2.43. The number of aliphatic hydroxyl groups is 1. The van der Waals surface area contributed by atoms with Crippen LogP contribution in [0.25, 0.3) is 0 Å². The van der Waals surface area contributed by atoms with Gasteiger partial charge in [-0.2, -0.15) is 0 Å². The maximum atomic E-state index is 14.8. The van der Waals surface area contributed by atoms with E-state index in [-0.39, 0.29) is 29.2 Å². The van der Waals surface area contributed by atoms with Crippen molar-refractivity contribution in [3.05, 3.63) is 71.3 Å². The van der Waals surface area contributed by atoms with Gasteiger partial charge in [0.25, 0.3) is 0 Å². The first-order chi connectivity index (χ1) is 15.5. The Bertz CT molecular complexity index is 946. The molecule has 2 heterocycles. The molecule has 33 heavy (non-hydrogen) atoms. The molecule has 2 aliphatic rings. The molecule has 0 spiro atoms. The van der Waals surface area contributed by atoms with Gasteiger partial charge in [0.1, 0.15) is 11.6 Å². The number of benzene rings is 2. The first-order valence-corrected chi connectivity index (χ1v) is 12.2. The van der Waals surface area contributed by atoms with E-state index in [9.17, 15) is 13.9 Å². The topological polar surface area (TPSA) is 26.7 Å². The van der Waals surface area contributed by atoms with Crippen LogP contribution in [0.5, 0.6) is 0 Å². The maximum absolute atomic E-state index is 14.8. The van der Waals surface area contributed by atoms with Crippen molar-refractivity contribution in [2.24, 2.45) is 17.8 Å². The fraction of sp³-hybridized carbons (Fsp3) is 0.571. The Kier molecular flexibility index (Phi) is 6.69. The Morgan fingerprint density at radius 1 is 0.939 bits per heavy atom. The van der Waals surface area contributed by atoms with Gasteiger partial charge < -0.3 is 10.0 Å². The normalized spacial score (nSPS) is 31.8. The molecule has 3 nitrogen and oxygen atoms in total. The lowest BCUT2D eigenvalue weighted by Crippen LogP contribution is -2.55. The van der Waals surface area contributed by atoms with Gasteiger partial charge in [0.15, 0.2) is 0 Å². The van der Waals surface area contributed by atoms with Crippen LogP contribution in [0.1, 0.15) is 51.7 Å². The fourth-order valence-corrected chi connectivity index (χ4v) is 6.13. The number of piperidine rings is 1. The first-order valence-electron chi connectivity index (χ1n) is 12.2. The van der Waals surface area contributed by atoms with Crippen LogP contribution in [0.2, 0.25) is 0 Å². The second kappa shape index (κ2) is 9.09. The number of hydrogen-bond donors (Lipinski definition) is 1. The van der Waals surface area contributed by atoms with Crippen molar-refractivity contribution in [1.29, 1.82) is 0 Å². The largest absolute Gasteiger partial charge is 0.385 e. The van der Waals surface area contributed by atoms with Crippen LogP contribution in [0.3, 0.4) is 0 Å². The molecule has 0 bridgehead atoms. The summed E-state index contributed by atoms with van der Waals surface area (Å²) < 4.78 is 28.4. The summed E-state index contributed by atoms with van der Waals surface area (Å²) in [6.45, 7) is 14.9. The number of nitrogens with zero attached hydrogens (tertiary/aromatic N) is 2. The molecule has 1 N–H and O–H groups in total. The SMILES string of the molecule is C[C@@H]1CN(C[C@H]2CN(C(C)(C)C)C[C@H]2c2ccc(F)cc2F)C[C@H](C)C1(O)c1ccccc1. The van der Waals surface area contributed by atoms with Gasteiger partial charge in [-0.3, -0.25) is 4.90 Å². The quantitative estimate of drug-likeness (QED) is 0.680. The number of halogens is 2. The van der Waals surface area contributed by atoms with Crippen LogP contribution in [0, 0.1) is 29.4 Å². The van der Waals surface area contributed by atoms with Gasteiger partial charge in [-0.05, 0) is 43.9 Å². The van der Waals surface area contributed by atoms with Crippen LogP contribution < -0.4 is 0 Å². The van der Waals surface area contributed by atoms with Crippen LogP contribution in [-0.4, -0.2) is 53.2 Å². The lowest BCUT2D eigenvalue weighted by Gasteiger charge is -2.49. The van der Waals surface area contributed by atoms with Gasteiger partial charge in [0, 0.05) is 62.1 Å². The molecule has 2 aromatic carbocycles. The predicted octanol–water partition coefficient (Wildman–Crippen LogP) is 5.25. The highest BCUT2D eigenvalue weighted by molar-refractivity contribution is 5.27. The zero-order valence-corrected chi connectivity index (χ0v) is 20.6. The Morgan fingerprint density at radius 2 is 1.58 bits per heavy atom. The Labute approximate surface area is 197 Å². The number of rotatable bonds is 4. The van der Waals surface area contributed by atoms with E-state index < -0.39 is 17.2 Å². The minimum Gasteiger partial charge on any atom is -0.385 e. The van der Waals surface area contributed by atoms with E-state index in [1.165, 1.54) is 6.07 Å². The van der Waals surface area contributed by atoms with Crippen LogP contribution in [0.15, 0.2) is 48.5 Å². The summed E-state index contributed by atoms with van der Waals surface area (Å²) in [6, 6.07) is 14.0. The minimum absolute atomic E-state index is 0.0143. The van der Waals surface area contributed by atoms with E-state index in [0.29, 0.717) is 5.56 Å². The third-order valence-electron chi connectivity index (χ3n) is 8.05. The summed E-state index contributed by atoms with van der Waals surface area (Å²) in [5, 5.41) is 11.7. The van der Waals surface area contributed by atoms with Crippen LogP contribution in [0.4, 0.5) is 8.78 Å². The Hall–Kier alpha value is -1.82. The van der Waals surface area contributed by atoms with Gasteiger partial charge in [-0.1, -0.05) is 50.2 Å². The molecule has 2 aliphatic heterocycles. The first kappa shape index (κ1) is 24.3. The van der Waals surface area contributed by atoms with E-state index in [4.69, 9.17) is 0 Å². The molecular formula is C28H38F2N2O. The van der Waals surface area contributed by atoms with Gasteiger partial charge in [-0.15, -0.1) is 0 Å². The third-order valence-corrected chi connectivity index (χ3v) is 8.05. The Balaban J connectivity index is 1.55. The number of likely N-dealkylation sites (tertiary alicyclic amines) is 2. The molecule has 4 rings (SSSR count). The van der Waals surface area contributed by atoms with Crippen LogP contribution >= 0.6 is 0 Å².